The highest BCUT2D eigenvalue weighted by Gasteiger charge is 2.32. The fourth-order valence-electron chi connectivity index (χ4n) is 2.80. The number of thiazole rings is 1. The number of methoxy groups -OCH3 is 1. The third kappa shape index (κ3) is 5.21. The SMILES string of the molecule is C=C(C)CN=c1scc(-c2cccs2)n1N=Cc1ccc(OC(=O)C2CC2)c(OC)c1. The van der Waals surface area contributed by atoms with Crippen molar-refractivity contribution in [3.05, 3.63) is 63.6 Å². The normalized spacial score (nSPS) is 14.2. The molecule has 0 bridgehead atoms. The van der Waals surface area contributed by atoms with Crippen molar-refractivity contribution in [2.45, 2.75) is 19.8 Å². The van der Waals surface area contributed by atoms with Gasteiger partial charge in [0.2, 0.25) is 4.80 Å². The van der Waals surface area contributed by atoms with Crippen molar-refractivity contribution in [3.8, 4) is 22.1 Å². The van der Waals surface area contributed by atoms with Gasteiger partial charge in [-0.2, -0.15) is 5.10 Å². The molecular weight excluding hydrogens is 430 g/mol. The van der Waals surface area contributed by atoms with E-state index in [-0.39, 0.29) is 11.9 Å². The average molecular weight is 454 g/mol. The third-order valence-electron chi connectivity index (χ3n) is 4.57. The van der Waals surface area contributed by atoms with Gasteiger partial charge in [-0.1, -0.05) is 18.2 Å². The molecule has 1 saturated carbocycles. The molecule has 0 spiro atoms. The Bertz CT molecular complexity index is 1190. The highest BCUT2D eigenvalue weighted by Crippen LogP contribution is 2.34. The summed E-state index contributed by atoms with van der Waals surface area (Å²) in [5.74, 6) is 0.756. The summed E-state index contributed by atoms with van der Waals surface area (Å²) in [4.78, 5) is 18.5. The molecule has 0 atom stereocenters. The number of esters is 1. The first-order valence-electron chi connectivity index (χ1n) is 9.88. The van der Waals surface area contributed by atoms with Crippen molar-refractivity contribution in [3.63, 3.8) is 0 Å². The Kier molecular flexibility index (Phi) is 6.48. The topological polar surface area (TPSA) is 65.2 Å². The van der Waals surface area contributed by atoms with Crippen LogP contribution in [0.2, 0.25) is 0 Å². The maximum atomic E-state index is 12.0. The van der Waals surface area contributed by atoms with Crippen LogP contribution < -0.4 is 14.3 Å². The second-order valence-corrected chi connectivity index (χ2v) is 9.10. The maximum absolute atomic E-state index is 12.0. The number of rotatable bonds is 8. The Hall–Kier alpha value is -2.97. The molecule has 160 valence electrons. The minimum atomic E-state index is -0.196. The largest absolute Gasteiger partial charge is 0.493 e. The van der Waals surface area contributed by atoms with E-state index in [0.717, 1.165) is 39.4 Å². The Balaban J connectivity index is 1.64. The number of benzene rings is 1. The van der Waals surface area contributed by atoms with Gasteiger partial charge < -0.3 is 9.47 Å². The average Bonchev–Trinajstić information content (AvgIpc) is 3.32. The van der Waals surface area contributed by atoms with E-state index >= 15 is 0 Å². The highest BCUT2D eigenvalue weighted by molar-refractivity contribution is 7.14. The standard InChI is InChI=1S/C23H23N3O3S2/c1-15(2)12-24-23-26(18(14-31-23)21-5-4-10-30-21)25-13-16-6-9-19(20(11-16)28-3)29-22(27)17-7-8-17/h4-6,9-11,13-14,17H,1,7-8,12H2,2-3H3. The molecule has 1 aromatic carbocycles. The lowest BCUT2D eigenvalue weighted by Gasteiger charge is -2.09. The summed E-state index contributed by atoms with van der Waals surface area (Å²) < 4.78 is 12.7. The summed E-state index contributed by atoms with van der Waals surface area (Å²) >= 11 is 3.20. The zero-order chi connectivity index (χ0) is 21.8. The first kappa shape index (κ1) is 21.3. The summed E-state index contributed by atoms with van der Waals surface area (Å²) in [6.07, 6.45) is 3.54. The van der Waals surface area contributed by atoms with Crippen LogP contribution in [0.15, 0.2) is 63.3 Å². The van der Waals surface area contributed by atoms with Gasteiger partial charge in [0.25, 0.3) is 0 Å². The molecule has 0 amide bonds. The minimum Gasteiger partial charge on any atom is -0.493 e. The van der Waals surface area contributed by atoms with Crippen molar-refractivity contribution in [1.82, 2.24) is 4.68 Å². The van der Waals surface area contributed by atoms with Gasteiger partial charge in [-0.25, -0.2) is 4.68 Å². The van der Waals surface area contributed by atoms with Crippen LogP contribution in [0.1, 0.15) is 25.3 Å². The van der Waals surface area contributed by atoms with Crippen LogP contribution in [0, 0.1) is 5.92 Å². The van der Waals surface area contributed by atoms with Gasteiger partial charge in [0.05, 0.1) is 36.4 Å². The van der Waals surface area contributed by atoms with Crippen LogP contribution in [-0.2, 0) is 4.79 Å². The zero-order valence-corrected chi connectivity index (χ0v) is 19.0. The lowest BCUT2D eigenvalue weighted by molar-refractivity contribution is -0.135. The van der Waals surface area contributed by atoms with E-state index in [1.165, 1.54) is 0 Å². The molecule has 2 aromatic heterocycles. The third-order valence-corrected chi connectivity index (χ3v) is 6.32. The molecule has 1 fully saturated rings. The second kappa shape index (κ2) is 9.45. The fraction of sp³-hybridized carbons (Fsp3) is 0.261. The lowest BCUT2D eigenvalue weighted by Crippen LogP contribution is -2.13. The van der Waals surface area contributed by atoms with Gasteiger partial charge in [0, 0.05) is 5.38 Å². The molecule has 6 nitrogen and oxygen atoms in total. The van der Waals surface area contributed by atoms with Crippen LogP contribution in [0.5, 0.6) is 11.5 Å². The summed E-state index contributed by atoms with van der Waals surface area (Å²) in [6.45, 7) is 6.43. The van der Waals surface area contributed by atoms with E-state index < -0.39 is 0 Å². The van der Waals surface area contributed by atoms with Crippen molar-refractivity contribution in [1.29, 1.82) is 0 Å². The molecule has 2 heterocycles. The van der Waals surface area contributed by atoms with E-state index in [0.29, 0.717) is 18.0 Å². The van der Waals surface area contributed by atoms with Gasteiger partial charge in [-0.15, -0.1) is 22.7 Å². The number of hydrogen-bond acceptors (Lipinski definition) is 7. The quantitative estimate of drug-likeness (QED) is 0.210. The van der Waals surface area contributed by atoms with Crippen molar-refractivity contribution in [2.24, 2.45) is 16.0 Å². The molecule has 3 aromatic rings. The van der Waals surface area contributed by atoms with Gasteiger partial charge in [-0.3, -0.25) is 9.79 Å². The van der Waals surface area contributed by atoms with Gasteiger partial charge in [0.15, 0.2) is 11.5 Å². The van der Waals surface area contributed by atoms with Crippen LogP contribution in [-0.4, -0.2) is 30.5 Å². The molecule has 0 unspecified atom stereocenters. The number of carbonyl (C=O) groups is 1. The van der Waals surface area contributed by atoms with Crippen LogP contribution in [0.25, 0.3) is 10.6 Å². The summed E-state index contributed by atoms with van der Waals surface area (Å²) in [6, 6.07) is 9.48. The number of thiophene rings is 1. The predicted octanol–water partition coefficient (Wildman–Crippen LogP) is 4.96. The molecule has 1 aliphatic carbocycles. The molecule has 0 saturated heterocycles. The Morgan fingerprint density at radius 3 is 2.81 bits per heavy atom. The molecule has 0 radical (unpaired) electrons. The second-order valence-electron chi connectivity index (χ2n) is 7.32. The summed E-state index contributed by atoms with van der Waals surface area (Å²) in [5, 5.41) is 8.79. The molecule has 4 rings (SSSR count). The van der Waals surface area contributed by atoms with Gasteiger partial charge >= 0.3 is 5.97 Å². The zero-order valence-electron chi connectivity index (χ0n) is 17.4. The van der Waals surface area contributed by atoms with E-state index in [1.54, 1.807) is 42.1 Å². The van der Waals surface area contributed by atoms with Crippen molar-refractivity contribution < 1.29 is 14.3 Å². The molecular formula is C23H23N3O3S2. The number of nitrogens with zero attached hydrogens (tertiary/aromatic N) is 3. The van der Waals surface area contributed by atoms with Crippen LogP contribution in [0.3, 0.4) is 0 Å². The number of hydrogen-bond donors (Lipinski definition) is 0. The van der Waals surface area contributed by atoms with E-state index in [2.05, 4.69) is 23.0 Å². The van der Waals surface area contributed by atoms with Crippen LogP contribution in [0.4, 0.5) is 0 Å². The Morgan fingerprint density at radius 2 is 2.13 bits per heavy atom. The molecule has 8 heteroatoms. The maximum Gasteiger partial charge on any atom is 0.314 e. The number of carbonyl (C=O) groups excluding carboxylic acids is 1. The molecule has 31 heavy (non-hydrogen) atoms. The highest BCUT2D eigenvalue weighted by atomic mass is 32.1. The molecule has 0 aliphatic heterocycles. The van der Waals surface area contributed by atoms with E-state index in [9.17, 15) is 4.79 Å². The minimum absolute atomic E-state index is 0.0259. The number of aromatic nitrogens is 1. The first-order valence-corrected chi connectivity index (χ1v) is 11.6. The first-order chi connectivity index (χ1) is 15.0. The van der Waals surface area contributed by atoms with Gasteiger partial charge in [0.1, 0.15) is 0 Å². The van der Waals surface area contributed by atoms with E-state index in [1.807, 2.05) is 35.2 Å². The monoisotopic (exact) mass is 453 g/mol. The lowest BCUT2D eigenvalue weighted by atomic mass is 10.2. The molecule has 0 N–H and O–H groups in total. The fourth-order valence-corrected chi connectivity index (χ4v) is 4.43. The number of ether oxygens (including phenoxy) is 2. The summed E-state index contributed by atoms with van der Waals surface area (Å²) in [5.41, 5.74) is 2.80. The van der Waals surface area contributed by atoms with Gasteiger partial charge in [-0.05, 0) is 55.0 Å². The van der Waals surface area contributed by atoms with E-state index in [4.69, 9.17) is 14.6 Å². The van der Waals surface area contributed by atoms with Crippen molar-refractivity contribution in [2.75, 3.05) is 13.7 Å². The Labute approximate surface area is 188 Å². The smallest absolute Gasteiger partial charge is 0.314 e. The summed E-state index contributed by atoms with van der Waals surface area (Å²) in [7, 11) is 1.56. The van der Waals surface area contributed by atoms with Crippen molar-refractivity contribution >= 4 is 34.9 Å². The predicted molar refractivity (Wildman–Crippen MR) is 125 cm³/mol. The Morgan fingerprint density at radius 1 is 1.29 bits per heavy atom. The molecule has 1 aliphatic rings. The van der Waals surface area contributed by atoms with Crippen LogP contribution >= 0.6 is 22.7 Å².